The molecule has 0 aliphatic heterocycles. The van der Waals surface area contributed by atoms with Crippen LogP contribution in [0.2, 0.25) is 0 Å². The first-order valence-corrected chi connectivity index (χ1v) is 4.52. The fourth-order valence-corrected chi connectivity index (χ4v) is 1.41. The number of nitrogens with zero attached hydrogens (tertiary/aromatic N) is 1. The first-order valence-electron chi connectivity index (χ1n) is 3.53. The number of rotatable bonds is 3. The minimum Gasteiger partial charge on any atom is -0.448 e. The number of pyridine rings is 1. The maximum atomic E-state index is 11.8. The van der Waals surface area contributed by atoms with Crippen molar-refractivity contribution in [2.75, 3.05) is 11.4 Å². The van der Waals surface area contributed by atoms with Crippen LogP contribution in [0.15, 0.2) is 23.4 Å². The van der Waals surface area contributed by atoms with Crippen LogP contribution in [0.5, 0.6) is 0 Å². The van der Waals surface area contributed by atoms with Gasteiger partial charge in [-0.05, 0) is 17.8 Å². The van der Waals surface area contributed by atoms with E-state index < -0.39 is 12.6 Å². The molecule has 0 unspecified atom stereocenters. The van der Waals surface area contributed by atoms with Crippen molar-refractivity contribution < 1.29 is 64.3 Å². The predicted molar refractivity (Wildman–Crippen MR) is 48.5 cm³/mol. The van der Waals surface area contributed by atoms with Crippen molar-refractivity contribution in [2.24, 2.45) is 0 Å². The van der Waals surface area contributed by atoms with E-state index in [9.17, 15) is 12.9 Å². The number of halogens is 3. The van der Waals surface area contributed by atoms with Crippen LogP contribution < -0.4 is 57.1 Å². The maximum absolute atomic E-state index is 11.8. The number of hydrogen-bond acceptors (Lipinski definition) is 3. The van der Waals surface area contributed by atoms with Crippen LogP contribution in [0.1, 0.15) is 0 Å². The Morgan fingerprint density at radius 1 is 1.43 bits per heavy atom. The van der Waals surface area contributed by atoms with Gasteiger partial charge in [-0.3, -0.25) is 0 Å². The molecular weight excluding hydrogens is 239 g/mol. The molecule has 1 heterocycles. The van der Waals surface area contributed by atoms with E-state index in [4.69, 9.17) is 5.73 Å². The first kappa shape index (κ1) is 14.8. The summed E-state index contributed by atoms with van der Waals surface area (Å²) in [5, 5.41) is 0.238. The van der Waals surface area contributed by atoms with Crippen molar-refractivity contribution in [1.29, 1.82) is 0 Å². The minimum absolute atomic E-state index is 0. The first-order chi connectivity index (χ1) is 5.99. The summed E-state index contributed by atoms with van der Waals surface area (Å²) in [7, 11) is 0. The van der Waals surface area contributed by atoms with E-state index in [0.717, 1.165) is 0 Å². The summed E-state index contributed by atoms with van der Waals surface area (Å²) in [5.41, 5.74) is 4.79. The van der Waals surface area contributed by atoms with Gasteiger partial charge in [-0.1, -0.05) is 0 Å². The SMILES string of the molecule is Nc1cccnc1SC[B-](F)(F)F.[K+]. The van der Waals surface area contributed by atoms with Gasteiger partial charge in [0.15, 0.2) is 0 Å². The van der Waals surface area contributed by atoms with Gasteiger partial charge in [0.1, 0.15) is 5.03 Å². The molecule has 0 atom stereocenters. The summed E-state index contributed by atoms with van der Waals surface area (Å²) in [6, 6.07) is 3.11. The van der Waals surface area contributed by atoms with Gasteiger partial charge in [-0.2, -0.15) is 0 Å². The van der Waals surface area contributed by atoms with Gasteiger partial charge in [0.2, 0.25) is 0 Å². The molecule has 0 spiro atoms. The third-order valence-electron chi connectivity index (χ3n) is 1.21. The van der Waals surface area contributed by atoms with Crippen LogP contribution in [0.3, 0.4) is 0 Å². The Balaban J connectivity index is 0.00000169. The molecule has 14 heavy (non-hydrogen) atoms. The van der Waals surface area contributed by atoms with Gasteiger partial charge >= 0.3 is 58.4 Å². The quantitative estimate of drug-likeness (QED) is 0.557. The molecule has 1 rings (SSSR count). The monoisotopic (exact) mass is 246 g/mol. The predicted octanol–water partition coefficient (Wildman–Crippen LogP) is -0.854. The summed E-state index contributed by atoms with van der Waals surface area (Å²) in [5.74, 6) is 0. The van der Waals surface area contributed by atoms with Crippen molar-refractivity contribution in [2.45, 2.75) is 5.03 Å². The molecule has 2 N–H and O–H groups in total. The molecule has 0 amide bonds. The maximum Gasteiger partial charge on any atom is 1.00 e. The molecule has 0 aliphatic carbocycles. The smallest absolute Gasteiger partial charge is 0.448 e. The average Bonchev–Trinajstić information content (AvgIpc) is 2.01. The van der Waals surface area contributed by atoms with Gasteiger partial charge in [-0.25, -0.2) is 4.98 Å². The zero-order valence-electron chi connectivity index (χ0n) is 7.58. The summed E-state index contributed by atoms with van der Waals surface area (Å²) in [6.07, 6.45) is 1.42. The number of anilines is 1. The summed E-state index contributed by atoms with van der Waals surface area (Å²) < 4.78 is 35.5. The fourth-order valence-electron chi connectivity index (χ4n) is 0.697. The second-order valence-electron chi connectivity index (χ2n) is 2.42. The zero-order valence-corrected chi connectivity index (χ0v) is 11.5. The number of aromatic nitrogens is 1. The Labute approximate surface area is 127 Å². The van der Waals surface area contributed by atoms with Gasteiger partial charge in [0.05, 0.1) is 5.69 Å². The van der Waals surface area contributed by atoms with Gasteiger partial charge < -0.3 is 18.7 Å². The zero-order chi connectivity index (χ0) is 9.90. The molecule has 0 radical (unpaired) electrons. The summed E-state index contributed by atoms with van der Waals surface area (Å²) in [4.78, 5) is 3.73. The molecule has 1 aromatic heterocycles. The van der Waals surface area contributed by atoms with Gasteiger partial charge in [-0.15, -0.1) is 11.8 Å². The van der Waals surface area contributed by atoms with Crippen LogP contribution >= 0.6 is 11.8 Å². The number of nitrogen functional groups attached to an aromatic ring is 1. The average molecular weight is 246 g/mol. The normalized spacial score (nSPS) is 10.8. The molecule has 0 saturated carbocycles. The number of hydrogen-bond donors (Lipinski definition) is 1. The molecule has 0 fully saturated rings. The van der Waals surface area contributed by atoms with E-state index in [1.165, 1.54) is 12.3 Å². The Hall–Kier alpha value is 0.791. The molecule has 2 nitrogen and oxygen atoms in total. The van der Waals surface area contributed by atoms with Crippen LogP contribution in [-0.2, 0) is 0 Å². The number of thioether (sulfide) groups is 1. The topological polar surface area (TPSA) is 38.9 Å². The molecule has 1 aromatic rings. The van der Waals surface area contributed by atoms with Gasteiger partial charge in [0.25, 0.3) is 0 Å². The Kier molecular flexibility index (Phi) is 6.75. The van der Waals surface area contributed by atoms with Crippen molar-refractivity contribution in [1.82, 2.24) is 4.98 Å². The molecule has 0 saturated heterocycles. The minimum atomic E-state index is -4.78. The van der Waals surface area contributed by atoms with Crippen LogP contribution in [-0.4, -0.2) is 17.6 Å². The largest absolute Gasteiger partial charge is 1.00 e. The van der Waals surface area contributed by atoms with Crippen LogP contribution in [0.25, 0.3) is 0 Å². The van der Waals surface area contributed by atoms with Crippen LogP contribution in [0, 0.1) is 0 Å². The van der Waals surface area contributed by atoms with Gasteiger partial charge in [0, 0.05) is 6.20 Å². The van der Waals surface area contributed by atoms with E-state index >= 15 is 0 Å². The standard InChI is InChI=1S/C6H7BF3N2S.K/c8-7(9,10)4-13-6-5(11)2-1-3-12-6;/h1-3H,4,11H2;/q-1;+1. The third kappa shape index (κ3) is 5.62. The molecule has 0 aliphatic rings. The fraction of sp³-hybridized carbons (Fsp3) is 0.167. The Bertz CT molecular complexity index is 297. The van der Waals surface area contributed by atoms with E-state index in [1.807, 2.05) is 0 Å². The van der Waals surface area contributed by atoms with Crippen molar-refractivity contribution in [3.63, 3.8) is 0 Å². The number of nitrogens with two attached hydrogens (primary N) is 1. The van der Waals surface area contributed by atoms with Crippen molar-refractivity contribution in [3.8, 4) is 0 Å². The second-order valence-corrected chi connectivity index (χ2v) is 3.43. The molecule has 0 aromatic carbocycles. The Morgan fingerprint density at radius 2 is 2.07 bits per heavy atom. The third-order valence-corrected chi connectivity index (χ3v) is 2.37. The van der Waals surface area contributed by atoms with Crippen LogP contribution in [0.4, 0.5) is 18.6 Å². The summed E-state index contributed by atoms with van der Waals surface area (Å²) >= 11 is 0.621. The molecule has 0 bridgehead atoms. The summed E-state index contributed by atoms with van der Waals surface area (Å²) in [6.45, 7) is -4.78. The van der Waals surface area contributed by atoms with E-state index in [-0.39, 0.29) is 62.1 Å². The molecule has 8 heteroatoms. The van der Waals surface area contributed by atoms with Crippen molar-refractivity contribution >= 4 is 24.4 Å². The Morgan fingerprint density at radius 3 is 2.57 bits per heavy atom. The van der Waals surface area contributed by atoms with E-state index in [0.29, 0.717) is 11.8 Å². The van der Waals surface area contributed by atoms with E-state index in [1.54, 1.807) is 6.07 Å². The van der Waals surface area contributed by atoms with Crippen molar-refractivity contribution in [3.05, 3.63) is 18.3 Å². The second kappa shape index (κ2) is 6.39. The van der Waals surface area contributed by atoms with E-state index in [2.05, 4.69) is 4.98 Å². The molecular formula is C6H7BF3KN2S. The molecule has 72 valence electrons.